The summed E-state index contributed by atoms with van der Waals surface area (Å²) >= 11 is 0. The Morgan fingerprint density at radius 2 is 2.14 bits per heavy atom. The third-order valence-electron chi connectivity index (χ3n) is 3.08. The van der Waals surface area contributed by atoms with Crippen molar-refractivity contribution in [2.75, 3.05) is 11.9 Å². The fourth-order valence-corrected chi connectivity index (χ4v) is 1.98. The van der Waals surface area contributed by atoms with E-state index in [-0.39, 0.29) is 5.91 Å². The molecule has 1 aromatic carbocycles. The van der Waals surface area contributed by atoms with E-state index in [9.17, 15) is 4.79 Å². The second kappa shape index (κ2) is 6.25. The number of rotatable bonds is 2. The molecule has 0 aliphatic heterocycles. The summed E-state index contributed by atoms with van der Waals surface area (Å²) in [4.78, 5) is 12.3. The van der Waals surface area contributed by atoms with Crippen LogP contribution in [0.4, 0.5) is 5.69 Å². The van der Waals surface area contributed by atoms with Gasteiger partial charge >= 0.3 is 0 Å². The van der Waals surface area contributed by atoms with Crippen molar-refractivity contribution in [3.05, 3.63) is 46.3 Å². The molecule has 5 nitrogen and oxygen atoms in total. The zero-order valence-electron chi connectivity index (χ0n) is 12.3. The van der Waals surface area contributed by atoms with Crippen LogP contribution in [0.1, 0.15) is 32.9 Å². The first-order chi connectivity index (χ1) is 10.0. The van der Waals surface area contributed by atoms with E-state index >= 15 is 0 Å². The van der Waals surface area contributed by atoms with Gasteiger partial charge in [-0.05, 0) is 38.5 Å². The van der Waals surface area contributed by atoms with Gasteiger partial charge in [0.05, 0.1) is 12.2 Å². The molecule has 2 rings (SSSR count). The Hall–Kier alpha value is -2.58. The maximum absolute atomic E-state index is 12.3. The molecule has 1 amide bonds. The van der Waals surface area contributed by atoms with Crippen molar-refractivity contribution in [3.63, 3.8) is 0 Å². The molecule has 0 radical (unpaired) electrons. The monoisotopic (exact) mass is 283 g/mol. The van der Waals surface area contributed by atoms with Gasteiger partial charge in [-0.15, -0.1) is 0 Å². The molecule has 0 atom stereocenters. The zero-order valence-corrected chi connectivity index (χ0v) is 12.3. The van der Waals surface area contributed by atoms with Crippen LogP contribution in [-0.4, -0.2) is 17.6 Å². The number of amides is 1. The Morgan fingerprint density at radius 3 is 2.76 bits per heavy atom. The maximum Gasteiger partial charge on any atom is 0.261 e. The van der Waals surface area contributed by atoms with Crippen molar-refractivity contribution < 1.29 is 9.32 Å². The van der Waals surface area contributed by atoms with E-state index in [1.165, 1.54) is 0 Å². The third-order valence-corrected chi connectivity index (χ3v) is 3.08. The third kappa shape index (κ3) is 3.30. The highest BCUT2D eigenvalue weighted by Gasteiger charge is 2.17. The molecule has 0 saturated carbocycles. The topological polar surface area (TPSA) is 81.2 Å². The lowest BCUT2D eigenvalue weighted by molar-refractivity contribution is 0.102. The van der Waals surface area contributed by atoms with Crippen molar-refractivity contribution in [2.24, 2.45) is 5.73 Å². The Balaban J connectivity index is 2.26. The predicted molar refractivity (Wildman–Crippen MR) is 81.0 cm³/mol. The van der Waals surface area contributed by atoms with E-state index in [0.717, 1.165) is 11.1 Å². The van der Waals surface area contributed by atoms with Crippen LogP contribution in [-0.2, 0) is 0 Å². The number of benzene rings is 1. The average Bonchev–Trinajstić information content (AvgIpc) is 2.78. The minimum atomic E-state index is -0.243. The quantitative estimate of drug-likeness (QED) is 0.828. The van der Waals surface area contributed by atoms with Gasteiger partial charge in [0.25, 0.3) is 5.91 Å². The fourth-order valence-electron chi connectivity index (χ4n) is 1.98. The standard InChI is InChI=1S/C16H17N3O2/c1-10-6-7-14(9-13(10)5-4-8-17)18-16(20)15-11(2)19-21-12(15)3/h6-7,9H,8,17H2,1-3H3,(H,18,20). The SMILES string of the molecule is Cc1ccc(NC(=O)c2c(C)noc2C)cc1C#CCN. The van der Waals surface area contributed by atoms with Crippen LogP contribution >= 0.6 is 0 Å². The maximum atomic E-state index is 12.3. The molecule has 2 aromatic rings. The number of carbonyl (C=O) groups excluding carboxylic acids is 1. The van der Waals surface area contributed by atoms with Gasteiger partial charge < -0.3 is 15.6 Å². The minimum absolute atomic E-state index is 0.243. The van der Waals surface area contributed by atoms with E-state index in [4.69, 9.17) is 10.3 Å². The van der Waals surface area contributed by atoms with Crippen molar-refractivity contribution >= 4 is 11.6 Å². The van der Waals surface area contributed by atoms with E-state index in [2.05, 4.69) is 22.3 Å². The summed E-state index contributed by atoms with van der Waals surface area (Å²) in [7, 11) is 0. The molecule has 21 heavy (non-hydrogen) atoms. The first-order valence-corrected chi connectivity index (χ1v) is 6.56. The highest BCUT2D eigenvalue weighted by Crippen LogP contribution is 2.18. The number of hydrogen-bond donors (Lipinski definition) is 2. The van der Waals surface area contributed by atoms with Crippen LogP contribution < -0.4 is 11.1 Å². The summed E-state index contributed by atoms with van der Waals surface area (Å²) in [5.74, 6) is 6.06. The number of nitrogens with two attached hydrogens (primary N) is 1. The fraction of sp³-hybridized carbons (Fsp3) is 0.250. The molecule has 1 heterocycles. The molecule has 3 N–H and O–H groups in total. The summed E-state index contributed by atoms with van der Waals surface area (Å²) in [6, 6.07) is 5.57. The highest BCUT2D eigenvalue weighted by atomic mass is 16.5. The molecule has 0 unspecified atom stereocenters. The number of anilines is 1. The van der Waals surface area contributed by atoms with Gasteiger partial charge in [-0.3, -0.25) is 4.79 Å². The number of carbonyl (C=O) groups is 1. The predicted octanol–water partition coefficient (Wildman–Crippen LogP) is 2.16. The molecule has 0 spiro atoms. The molecule has 0 aliphatic carbocycles. The largest absolute Gasteiger partial charge is 0.361 e. The molecule has 5 heteroatoms. The highest BCUT2D eigenvalue weighted by molar-refractivity contribution is 6.05. The first kappa shape index (κ1) is 14.8. The number of nitrogens with zero attached hydrogens (tertiary/aromatic N) is 1. The van der Waals surface area contributed by atoms with Gasteiger partial charge in [0, 0.05) is 11.3 Å². The number of aryl methyl sites for hydroxylation is 3. The lowest BCUT2D eigenvalue weighted by atomic mass is 10.1. The van der Waals surface area contributed by atoms with Crippen molar-refractivity contribution in [2.45, 2.75) is 20.8 Å². The molecular formula is C16H17N3O2. The number of nitrogens with one attached hydrogen (secondary N) is 1. The Labute approximate surface area is 123 Å². The van der Waals surface area contributed by atoms with E-state index in [1.807, 2.05) is 25.1 Å². The summed E-state index contributed by atoms with van der Waals surface area (Å²) in [6.07, 6.45) is 0. The second-order valence-corrected chi connectivity index (χ2v) is 4.69. The second-order valence-electron chi connectivity index (χ2n) is 4.69. The summed E-state index contributed by atoms with van der Waals surface area (Å²) in [6.45, 7) is 5.70. The van der Waals surface area contributed by atoms with Crippen molar-refractivity contribution in [1.29, 1.82) is 0 Å². The summed E-state index contributed by atoms with van der Waals surface area (Å²) in [5, 5.41) is 6.61. The molecule has 0 fully saturated rings. The number of hydrogen-bond acceptors (Lipinski definition) is 4. The first-order valence-electron chi connectivity index (χ1n) is 6.56. The average molecular weight is 283 g/mol. The normalized spacial score (nSPS) is 9.90. The van der Waals surface area contributed by atoms with Crippen LogP contribution in [0.25, 0.3) is 0 Å². The van der Waals surface area contributed by atoms with Gasteiger partial charge in [0.15, 0.2) is 0 Å². The minimum Gasteiger partial charge on any atom is -0.361 e. The molecule has 0 saturated heterocycles. The molecule has 0 aliphatic rings. The molecule has 108 valence electrons. The lowest BCUT2D eigenvalue weighted by Gasteiger charge is -2.07. The van der Waals surface area contributed by atoms with Gasteiger partial charge in [-0.25, -0.2) is 0 Å². The van der Waals surface area contributed by atoms with E-state index < -0.39 is 0 Å². The van der Waals surface area contributed by atoms with Crippen LogP contribution in [0.3, 0.4) is 0 Å². The van der Waals surface area contributed by atoms with Crippen LogP contribution in [0.5, 0.6) is 0 Å². The van der Waals surface area contributed by atoms with E-state index in [0.29, 0.717) is 29.2 Å². The Kier molecular flexibility index (Phi) is 4.41. The van der Waals surface area contributed by atoms with Gasteiger partial charge in [0.1, 0.15) is 11.3 Å². The summed E-state index contributed by atoms with van der Waals surface area (Å²) in [5.41, 5.74) is 8.97. The van der Waals surface area contributed by atoms with Gasteiger partial charge in [0.2, 0.25) is 0 Å². The van der Waals surface area contributed by atoms with E-state index in [1.54, 1.807) is 13.8 Å². The van der Waals surface area contributed by atoms with Crippen molar-refractivity contribution in [1.82, 2.24) is 5.16 Å². The molecule has 0 bridgehead atoms. The smallest absolute Gasteiger partial charge is 0.261 e. The summed E-state index contributed by atoms with van der Waals surface area (Å²) < 4.78 is 5.00. The zero-order chi connectivity index (χ0) is 15.4. The van der Waals surface area contributed by atoms with Crippen LogP contribution in [0.15, 0.2) is 22.7 Å². The molecule has 1 aromatic heterocycles. The Morgan fingerprint density at radius 1 is 1.38 bits per heavy atom. The van der Waals surface area contributed by atoms with Crippen LogP contribution in [0, 0.1) is 32.6 Å². The van der Waals surface area contributed by atoms with Gasteiger partial charge in [-0.1, -0.05) is 23.1 Å². The van der Waals surface area contributed by atoms with Crippen LogP contribution in [0.2, 0.25) is 0 Å². The van der Waals surface area contributed by atoms with Gasteiger partial charge in [-0.2, -0.15) is 0 Å². The molecular weight excluding hydrogens is 266 g/mol. The Bertz CT molecular complexity index is 716. The number of aromatic nitrogens is 1. The van der Waals surface area contributed by atoms with Crippen molar-refractivity contribution in [3.8, 4) is 11.8 Å². The lowest BCUT2D eigenvalue weighted by Crippen LogP contribution is -2.13.